The van der Waals surface area contributed by atoms with E-state index in [1.54, 1.807) is 41.3 Å². The Labute approximate surface area is 172 Å². The molecule has 0 N–H and O–H groups in total. The lowest BCUT2D eigenvalue weighted by Gasteiger charge is -2.38. The zero-order valence-electron chi connectivity index (χ0n) is 16.5. The van der Waals surface area contributed by atoms with Gasteiger partial charge in [-0.1, -0.05) is 49.4 Å². The first kappa shape index (κ1) is 19.8. The molecule has 2 aromatic carbocycles. The van der Waals surface area contributed by atoms with Gasteiger partial charge in [0.05, 0.1) is 18.0 Å². The zero-order chi connectivity index (χ0) is 20.4. The molecule has 7 heteroatoms. The van der Waals surface area contributed by atoms with Gasteiger partial charge in [-0.3, -0.25) is 9.10 Å². The molecule has 0 aromatic heterocycles. The van der Waals surface area contributed by atoms with Gasteiger partial charge in [0.15, 0.2) is 6.10 Å². The van der Waals surface area contributed by atoms with Crippen molar-refractivity contribution >= 4 is 21.6 Å². The first-order valence-corrected chi connectivity index (χ1v) is 11.6. The largest absolute Gasteiger partial charge is 0.476 e. The van der Waals surface area contributed by atoms with E-state index in [1.165, 1.54) is 4.31 Å². The second-order valence-electron chi connectivity index (χ2n) is 7.85. The average molecular weight is 415 g/mol. The molecule has 6 nitrogen and oxygen atoms in total. The van der Waals surface area contributed by atoms with Crippen LogP contribution in [0.25, 0.3) is 0 Å². The molecule has 0 bridgehead atoms. The van der Waals surface area contributed by atoms with Crippen molar-refractivity contribution < 1.29 is 17.9 Å². The monoisotopic (exact) mass is 414 g/mol. The van der Waals surface area contributed by atoms with E-state index >= 15 is 0 Å². The zero-order valence-corrected chi connectivity index (χ0v) is 17.3. The van der Waals surface area contributed by atoms with E-state index in [4.69, 9.17) is 4.74 Å². The highest BCUT2D eigenvalue weighted by Gasteiger charge is 2.38. The Kier molecular flexibility index (Phi) is 5.50. The van der Waals surface area contributed by atoms with Crippen LogP contribution in [0.4, 0.5) is 5.69 Å². The number of fused-ring (bicyclic) bond motifs is 1. The molecule has 1 amide bonds. The molecule has 0 spiro atoms. The quantitative estimate of drug-likeness (QED) is 0.771. The van der Waals surface area contributed by atoms with Crippen LogP contribution >= 0.6 is 0 Å². The molecule has 154 valence electrons. The van der Waals surface area contributed by atoms with Crippen molar-refractivity contribution in [3.8, 4) is 5.75 Å². The van der Waals surface area contributed by atoms with Crippen LogP contribution in [0.5, 0.6) is 5.75 Å². The maximum Gasteiger partial charge on any atom is 0.265 e. The van der Waals surface area contributed by atoms with Crippen LogP contribution in [0, 0.1) is 5.92 Å². The number of anilines is 1. The van der Waals surface area contributed by atoms with Gasteiger partial charge in [-0.25, -0.2) is 8.42 Å². The van der Waals surface area contributed by atoms with Gasteiger partial charge in [0.2, 0.25) is 10.0 Å². The number of rotatable bonds is 4. The lowest BCUT2D eigenvalue weighted by Crippen LogP contribution is -2.53. The minimum Gasteiger partial charge on any atom is -0.476 e. The Morgan fingerprint density at radius 1 is 1.03 bits per heavy atom. The number of para-hydroxylation sites is 2. The fourth-order valence-electron chi connectivity index (χ4n) is 3.89. The van der Waals surface area contributed by atoms with Crippen molar-refractivity contribution in [1.82, 2.24) is 4.90 Å². The van der Waals surface area contributed by atoms with Crippen LogP contribution in [0.2, 0.25) is 0 Å². The van der Waals surface area contributed by atoms with E-state index in [1.807, 2.05) is 18.2 Å². The molecular weight excluding hydrogens is 388 g/mol. The van der Waals surface area contributed by atoms with Gasteiger partial charge in [-0.15, -0.1) is 0 Å². The van der Waals surface area contributed by atoms with Gasteiger partial charge in [0.25, 0.3) is 5.91 Å². The number of hydrogen-bond donors (Lipinski definition) is 0. The molecule has 0 unspecified atom stereocenters. The second kappa shape index (κ2) is 8.06. The summed E-state index contributed by atoms with van der Waals surface area (Å²) in [6, 6.07) is 16.1. The molecular formula is C22H26N2O4S. The van der Waals surface area contributed by atoms with Crippen molar-refractivity contribution in [1.29, 1.82) is 0 Å². The summed E-state index contributed by atoms with van der Waals surface area (Å²) >= 11 is 0. The minimum atomic E-state index is -3.67. The highest BCUT2D eigenvalue weighted by Crippen LogP contribution is 2.36. The van der Waals surface area contributed by atoms with E-state index in [2.05, 4.69) is 6.92 Å². The summed E-state index contributed by atoms with van der Waals surface area (Å²) in [7, 11) is -3.67. The third-order valence-electron chi connectivity index (χ3n) is 5.63. The van der Waals surface area contributed by atoms with Crippen molar-refractivity contribution in [2.75, 3.05) is 23.9 Å². The predicted octanol–water partition coefficient (Wildman–Crippen LogP) is 3.04. The fourth-order valence-corrected chi connectivity index (χ4v) is 5.47. The summed E-state index contributed by atoms with van der Waals surface area (Å²) in [5, 5.41) is 0. The van der Waals surface area contributed by atoms with Crippen LogP contribution in [0.15, 0.2) is 54.6 Å². The molecule has 2 heterocycles. The van der Waals surface area contributed by atoms with Gasteiger partial charge >= 0.3 is 0 Å². The minimum absolute atomic E-state index is 0.00291. The standard InChI is InChI=1S/C22H26N2O4S/c1-17-11-13-23(14-12-17)22(25)21-15-24(19-9-5-6-10-20(19)28-21)29(26,27)16-18-7-3-2-4-8-18/h2-10,17,21H,11-16H2,1H3/t21-/m1/s1. The molecule has 1 saturated heterocycles. The SMILES string of the molecule is CC1CCN(C(=O)[C@H]2CN(S(=O)(=O)Cc3ccccc3)c3ccccc3O2)CC1. The van der Waals surface area contributed by atoms with Crippen molar-refractivity contribution in [2.45, 2.75) is 31.6 Å². The highest BCUT2D eigenvalue weighted by atomic mass is 32.2. The van der Waals surface area contributed by atoms with E-state index in [0.717, 1.165) is 12.8 Å². The van der Waals surface area contributed by atoms with Gasteiger partial charge in [0, 0.05) is 13.1 Å². The van der Waals surface area contributed by atoms with E-state index in [0.29, 0.717) is 36.0 Å². The Morgan fingerprint density at radius 2 is 1.69 bits per heavy atom. The molecule has 29 heavy (non-hydrogen) atoms. The number of amides is 1. The Balaban J connectivity index is 1.60. The average Bonchev–Trinajstić information content (AvgIpc) is 2.73. The number of carbonyl (C=O) groups excluding carboxylic acids is 1. The second-order valence-corrected chi connectivity index (χ2v) is 9.75. The topological polar surface area (TPSA) is 66.9 Å². The van der Waals surface area contributed by atoms with Crippen molar-refractivity contribution in [3.05, 3.63) is 60.2 Å². The molecule has 4 rings (SSSR count). The summed E-state index contributed by atoms with van der Waals surface area (Å²) in [4.78, 5) is 14.9. The molecule has 2 aliphatic rings. The van der Waals surface area contributed by atoms with Gasteiger partial charge in [0.1, 0.15) is 5.75 Å². The van der Waals surface area contributed by atoms with E-state index in [9.17, 15) is 13.2 Å². The van der Waals surface area contributed by atoms with Crippen LogP contribution in [0.1, 0.15) is 25.3 Å². The summed E-state index contributed by atoms with van der Waals surface area (Å²) in [5.41, 5.74) is 1.20. The normalized spacial score (nSPS) is 20.1. The number of ether oxygens (including phenoxy) is 1. The van der Waals surface area contributed by atoms with Crippen molar-refractivity contribution in [2.24, 2.45) is 5.92 Å². The molecule has 0 radical (unpaired) electrons. The summed E-state index contributed by atoms with van der Waals surface area (Å²) < 4.78 is 33.8. The van der Waals surface area contributed by atoms with Crippen LogP contribution in [-0.2, 0) is 20.6 Å². The van der Waals surface area contributed by atoms with Crippen molar-refractivity contribution in [3.63, 3.8) is 0 Å². The molecule has 0 saturated carbocycles. The first-order chi connectivity index (χ1) is 13.9. The van der Waals surface area contributed by atoms with Crippen LogP contribution in [-0.4, -0.2) is 45.0 Å². The predicted molar refractivity (Wildman–Crippen MR) is 112 cm³/mol. The first-order valence-electron chi connectivity index (χ1n) is 10.0. The third kappa shape index (κ3) is 4.24. The number of sulfonamides is 1. The van der Waals surface area contributed by atoms with E-state index < -0.39 is 16.1 Å². The lowest BCUT2D eigenvalue weighted by atomic mass is 9.99. The maximum atomic E-state index is 13.3. The van der Waals surface area contributed by atoms with E-state index in [-0.39, 0.29) is 18.2 Å². The fraction of sp³-hybridized carbons (Fsp3) is 0.409. The number of piperidine rings is 1. The van der Waals surface area contributed by atoms with Crippen LogP contribution < -0.4 is 9.04 Å². The Morgan fingerprint density at radius 3 is 2.41 bits per heavy atom. The lowest BCUT2D eigenvalue weighted by molar-refractivity contribution is -0.139. The third-order valence-corrected chi connectivity index (χ3v) is 7.35. The van der Waals surface area contributed by atoms with Gasteiger partial charge in [-0.05, 0) is 36.5 Å². The molecule has 1 fully saturated rings. The Bertz CT molecular complexity index is 969. The number of likely N-dealkylation sites (tertiary alicyclic amines) is 1. The number of nitrogens with zero attached hydrogens (tertiary/aromatic N) is 2. The summed E-state index contributed by atoms with van der Waals surface area (Å²) in [6.45, 7) is 3.57. The molecule has 2 aliphatic heterocycles. The van der Waals surface area contributed by atoms with Gasteiger partial charge < -0.3 is 9.64 Å². The Hall–Kier alpha value is -2.54. The van der Waals surface area contributed by atoms with Crippen LogP contribution in [0.3, 0.4) is 0 Å². The molecule has 1 atom stereocenters. The summed E-state index contributed by atoms with van der Waals surface area (Å²) in [5.74, 6) is 0.782. The highest BCUT2D eigenvalue weighted by molar-refractivity contribution is 7.92. The summed E-state index contributed by atoms with van der Waals surface area (Å²) in [6.07, 6.45) is 1.10. The molecule has 2 aromatic rings. The molecule has 0 aliphatic carbocycles. The number of carbonyl (C=O) groups is 1. The number of benzene rings is 2. The smallest absolute Gasteiger partial charge is 0.265 e. The maximum absolute atomic E-state index is 13.3. The van der Waals surface area contributed by atoms with Gasteiger partial charge in [-0.2, -0.15) is 0 Å². The number of hydrogen-bond acceptors (Lipinski definition) is 4.